The Hall–Kier alpha value is 1.79. The van der Waals surface area contributed by atoms with Crippen molar-refractivity contribution in [3.05, 3.63) is 6.15 Å². The molecule has 0 saturated carbocycles. The normalized spacial score (nSPS) is 0. The maximum Gasteiger partial charge on any atom is 3.00 e. The van der Waals surface area contributed by atoms with Crippen molar-refractivity contribution in [1.82, 2.24) is 0 Å². The van der Waals surface area contributed by atoms with E-state index in [1.54, 1.807) is 0 Å². The molecule has 4 heavy (non-hydrogen) atoms. The molecule has 4 heteroatoms. The Morgan fingerprint density at radius 1 is 0.750 bits per heavy atom. The molecule has 0 saturated heterocycles. The number of hydrogen-bond acceptors (Lipinski definition) is 0. The minimum atomic E-state index is 0. The molecule has 0 aromatic rings. The van der Waals surface area contributed by atoms with Crippen LogP contribution in [0.2, 0.25) is 0 Å². The predicted octanol–water partition coefficient (Wildman–Crippen LogP) is -0.854. The van der Waals surface area contributed by atoms with Gasteiger partial charge >= 0.3 is 39.6 Å². The van der Waals surface area contributed by atoms with E-state index in [0.717, 1.165) is 0 Å². The summed E-state index contributed by atoms with van der Waals surface area (Å²) in [4.78, 5) is 0. The van der Waals surface area contributed by atoms with Crippen molar-refractivity contribution in [2.24, 2.45) is 0 Å². The molecule has 0 aliphatic rings. The van der Waals surface area contributed by atoms with Gasteiger partial charge in [-0.1, -0.05) is 0 Å². The maximum atomic E-state index is 0. The Kier molecular flexibility index (Phi) is 222. The van der Waals surface area contributed by atoms with Crippen LogP contribution >= 0.6 is 0 Å². The first-order chi connectivity index (χ1) is 0. The Balaban J connectivity index is 0. The van der Waals surface area contributed by atoms with Crippen LogP contribution in [-0.2, 0) is 0 Å². The smallest absolute Gasteiger partial charge is 3.00 e. The molecule has 0 aliphatic carbocycles. The molecule has 0 unspecified atom stereocenters. The quantitative estimate of drug-likeness (QED) is 0.484. The Morgan fingerprint density at radius 3 is 0.750 bits per heavy atom. The molecule has 0 rings (SSSR count). The molecule has 0 heterocycles. The van der Waals surface area contributed by atoms with Gasteiger partial charge in [0, 0.05) is 0 Å². The van der Waals surface area contributed by atoms with Gasteiger partial charge in [-0.15, -0.1) is 0 Å². The number of hydrogen-bond donors (Lipinski definition) is 0. The van der Waals surface area contributed by atoms with Crippen molar-refractivity contribution in [3.8, 4) is 0 Å². The van der Waals surface area contributed by atoms with Gasteiger partial charge in [0.25, 0.3) is 0 Å². The molecule has 0 radical (unpaired) electrons. The van der Waals surface area contributed by atoms with Crippen molar-refractivity contribution in [1.29, 1.82) is 0 Å². The molecule has 0 spiro atoms. The third kappa shape index (κ3) is 9.21. The summed E-state index contributed by atoms with van der Waals surface area (Å²) in [7, 11) is 0. The largest absolute Gasteiger partial charge is 3.00 e. The van der Waals surface area contributed by atoms with E-state index in [1.807, 2.05) is 0 Å². The fraction of sp³-hybridized carbons (Fsp3) is 0. The summed E-state index contributed by atoms with van der Waals surface area (Å²) in [5, 5.41) is 0. The summed E-state index contributed by atoms with van der Waals surface area (Å²) in [5.41, 5.74) is 0. The van der Waals surface area contributed by atoms with Gasteiger partial charge in [-0.2, -0.15) is 0 Å². The second-order valence-corrected chi connectivity index (χ2v) is 0. The van der Waals surface area contributed by atoms with E-state index in [4.69, 9.17) is 0 Å². The van der Waals surface area contributed by atoms with Gasteiger partial charge in [0.05, 0.1) is 0 Å². The zero-order chi connectivity index (χ0) is 0. The van der Waals surface area contributed by atoms with Crippen LogP contribution in [0.3, 0.4) is 0 Å². The van der Waals surface area contributed by atoms with E-state index in [1.165, 1.54) is 0 Å². The molecule has 0 aromatic heterocycles. The summed E-state index contributed by atoms with van der Waals surface area (Å²) in [5.74, 6) is 0. The van der Waals surface area contributed by atoms with Gasteiger partial charge in [0.2, 0.25) is 0 Å². The summed E-state index contributed by atoms with van der Waals surface area (Å²) >= 11 is 0. The van der Waals surface area contributed by atoms with E-state index in [9.17, 15) is 0 Å². The van der Waals surface area contributed by atoms with Crippen LogP contribution in [-0.4, -0.2) is 57.5 Å². The minimum Gasteiger partial charge on any atom is -3.00 e. The number of rotatable bonds is 0. The summed E-state index contributed by atoms with van der Waals surface area (Å²) in [6.07, 6.45) is 0. The Bertz CT molecular complexity index is 6.00. The zero-order valence-electron chi connectivity index (χ0n) is 2.05. The van der Waals surface area contributed by atoms with Crippen LogP contribution in [0.4, 0.5) is 0 Å². The summed E-state index contributed by atoms with van der Waals surface area (Å²) in [6.45, 7) is 0. The van der Waals surface area contributed by atoms with E-state index in [0.29, 0.717) is 0 Å². The molecule has 0 aliphatic heterocycles. The zero-order valence-corrected chi connectivity index (χ0v) is 8.77. The monoisotopic (exact) mass is 227 g/mol. The molecule has 0 N–H and O–H groups in total. The molecule has 16 valence electrons. The first-order valence-electron chi connectivity index (χ1n) is 0. The first-order valence-corrected chi connectivity index (χ1v) is 0. The minimum absolute atomic E-state index is 0. The molecule has 0 atom stereocenters. The molecule has 0 bridgehead atoms. The molecule has 0 fully saturated rings. The summed E-state index contributed by atoms with van der Waals surface area (Å²) < 4.78 is 0. The third-order valence-corrected chi connectivity index (χ3v) is 0. The Morgan fingerprint density at radius 2 is 0.750 bits per heavy atom. The second kappa shape index (κ2) is 21.5. The van der Waals surface area contributed by atoms with Crippen molar-refractivity contribution < 1.29 is 0 Å². The fourth-order valence-electron chi connectivity index (χ4n) is 0. The topological polar surface area (TPSA) is 30.5 Å². The fourth-order valence-corrected chi connectivity index (χ4v) is 0. The maximum absolute atomic E-state index is 0. The van der Waals surface area contributed by atoms with Crippen LogP contribution in [0.25, 0.3) is 6.15 Å². The standard InChI is InChI=1S/As.2Ga.N/q-3;2*+3;-3. The van der Waals surface area contributed by atoms with Gasteiger partial charge in [0.15, 0.2) is 0 Å². The third-order valence-electron chi connectivity index (χ3n) is 0. The van der Waals surface area contributed by atoms with Crippen LogP contribution < -0.4 is 0 Å². The van der Waals surface area contributed by atoms with E-state index in [-0.39, 0.29) is 63.7 Å². The van der Waals surface area contributed by atoms with Crippen molar-refractivity contribution in [2.75, 3.05) is 0 Å². The predicted molar refractivity (Wildman–Crippen MR) is 20.6 cm³/mol. The van der Waals surface area contributed by atoms with Crippen LogP contribution in [0, 0.1) is 0 Å². The molecule has 0 amide bonds. The second-order valence-electron chi connectivity index (χ2n) is 0. The van der Waals surface area contributed by atoms with Gasteiger partial charge in [-0.3, -0.25) is 0 Å². The van der Waals surface area contributed by atoms with Crippen molar-refractivity contribution in [3.63, 3.8) is 0 Å². The van der Waals surface area contributed by atoms with Crippen LogP contribution in [0.1, 0.15) is 0 Å². The number of nitrogens with zero attached hydrogens (tertiary/aromatic N) is 1. The summed E-state index contributed by atoms with van der Waals surface area (Å²) in [6, 6.07) is 0. The van der Waals surface area contributed by atoms with Gasteiger partial charge in [-0.25, -0.2) is 0 Å². The van der Waals surface area contributed by atoms with E-state index < -0.39 is 0 Å². The van der Waals surface area contributed by atoms with Crippen LogP contribution in [0.5, 0.6) is 0 Å². The van der Waals surface area contributed by atoms with E-state index in [2.05, 4.69) is 0 Å². The van der Waals surface area contributed by atoms with Crippen molar-refractivity contribution >= 4 is 57.5 Å². The molecule has 1 nitrogen and oxygen atoms in total. The SMILES string of the molecule is [As-3].[Ga+3].[Ga+3].[N-3]. The van der Waals surface area contributed by atoms with Gasteiger partial charge in [0.1, 0.15) is 0 Å². The average molecular weight is 228 g/mol. The van der Waals surface area contributed by atoms with E-state index >= 15 is 0 Å². The molecule has 0 aromatic carbocycles. The van der Waals surface area contributed by atoms with Gasteiger partial charge < -0.3 is 24.1 Å². The Labute approximate surface area is 63.3 Å². The van der Waals surface area contributed by atoms with Crippen LogP contribution in [0.15, 0.2) is 0 Å². The molecular formula is AsGa2N. The first kappa shape index (κ1) is 41.4. The van der Waals surface area contributed by atoms with Crippen molar-refractivity contribution in [2.45, 2.75) is 0 Å². The molecular weight excluding hydrogens is 228 g/mol. The van der Waals surface area contributed by atoms with Gasteiger partial charge in [-0.05, 0) is 0 Å². The average Bonchev–Trinajstić information content (AvgIpc) is 0.